The van der Waals surface area contributed by atoms with Crippen LogP contribution in [0.15, 0.2) is 12.3 Å². The van der Waals surface area contributed by atoms with E-state index in [9.17, 15) is 4.79 Å². The summed E-state index contributed by atoms with van der Waals surface area (Å²) in [6.45, 7) is 1.60. The topological polar surface area (TPSA) is 47.8 Å². The summed E-state index contributed by atoms with van der Waals surface area (Å²) in [5.41, 5.74) is 1.51. The van der Waals surface area contributed by atoms with Gasteiger partial charge in [-0.15, -0.1) is 0 Å². The van der Waals surface area contributed by atoms with E-state index >= 15 is 0 Å². The Bertz CT molecular complexity index is 629. The smallest absolute Gasteiger partial charge is 0.224 e. The van der Waals surface area contributed by atoms with Gasteiger partial charge in [0.1, 0.15) is 5.65 Å². The predicted molar refractivity (Wildman–Crippen MR) is 74.7 cm³/mol. The second kappa shape index (κ2) is 4.93. The molecule has 1 aliphatic rings. The summed E-state index contributed by atoms with van der Waals surface area (Å²) in [6, 6.07) is 2.24. The number of Topliss-reactive ketones (excluding diaryl/α,β-unsaturated/α-hetero) is 1. The van der Waals surface area contributed by atoms with Crippen molar-refractivity contribution >= 4 is 28.4 Å². The van der Waals surface area contributed by atoms with Crippen LogP contribution in [0, 0.1) is 0 Å². The van der Waals surface area contributed by atoms with E-state index in [0.29, 0.717) is 6.04 Å². The molecule has 0 unspecified atom stereocenters. The lowest BCUT2D eigenvalue weighted by Gasteiger charge is -2.25. The summed E-state index contributed by atoms with van der Waals surface area (Å²) in [6.07, 6.45) is 7.59. The fourth-order valence-corrected chi connectivity index (χ4v) is 3.10. The molecule has 0 amide bonds. The molecule has 19 heavy (non-hydrogen) atoms. The Balaban J connectivity index is 2.20. The molecule has 0 radical (unpaired) electrons. The van der Waals surface area contributed by atoms with Crippen molar-refractivity contribution in [2.75, 3.05) is 0 Å². The zero-order valence-electron chi connectivity index (χ0n) is 10.9. The van der Waals surface area contributed by atoms with Gasteiger partial charge in [0.2, 0.25) is 5.28 Å². The van der Waals surface area contributed by atoms with Crippen molar-refractivity contribution in [1.82, 2.24) is 14.5 Å². The zero-order chi connectivity index (χ0) is 13.4. The first-order valence-corrected chi connectivity index (χ1v) is 7.09. The van der Waals surface area contributed by atoms with E-state index in [1.54, 1.807) is 13.1 Å². The quantitative estimate of drug-likeness (QED) is 0.620. The molecular formula is C14H16ClN3O. The molecule has 100 valence electrons. The van der Waals surface area contributed by atoms with Gasteiger partial charge < -0.3 is 4.57 Å². The van der Waals surface area contributed by atoms with Crippen LogP contribution in [0.2, 0.25) is 5.28 Å². The van der Waals surface area contributed by atoms with Gasteiger partial charge in [0.15, 0.2) is 5.78 Å². The molecule has 3 rings (SSSR count). The largest absolute Gasteiger partial charge is 0.320 e. The molecule has 1 saturated carbocycles. The highest BCUT2D eigenvalue weighted by Gasteiger charge is 2.23. The van der Waals surface area contributed by atoms with E-state index in [2.05, 4.69) is 14.5 Å². The summed E-state index contributed by atoms with van der Waals surface area (Å²) in [5, 5.41) is 1.12. The molecular weight excluding hydrogens is 262 g/mol. The molecule has 0 saturated heterocycles. The molecule has 1 aliphatic carbocycles. The first kappa shape index (κ1) is 12.6. The van der Waals surface area contributed by atoms with Crippen LogP contribution in [0.3, 0.4) is 0 Å². The SMILES string of the molecule is CC(=O)c1cc2cnc(Cl)nc2n1C1CCCCC1. The number of carbonyl (C=O) groups is 1. The van der Waals surface area contributed by atoms with Gasteiger partial charge in [0.25, 0.3) is 0 Å². The van der Waals surface area contributed by atoms with E-state index in [0.717, 1.165) is 29.6 Å². The first-order valence-electron chi connectivity index (χ1n) is 6.71. The maximum absolute atomic E-state index is 11.9. The Labute approximate surface area is 116 Å². The molecule has 0 aliphatic heterocycles. The third kappa shape index (κ3) is 2.25. The third-order valence-electron chi connectivity index (χ3n) is 3.85. The van der Waals surface area contributed by atoms with E-state index in [4.69, 9.17) is 11.6 Å². The first-order chi connectivity index (χ1) is 9.16. The number of rotatable bonds is 2. The Kier molecular flexibility index (Phi) is 3.27. The maximum Gasteiger partial charge on any atom is 0.224 e. The van der Waals surface area contributed by atoms with Gasteiger partial charge in [-0.2, -0.15) is 4.98 Å². The van der Waals surface area contributed by atoms with Gasteiger partial charge in [-0.25, -0.2) is 4.98 Å². The average molecular weight is 278 g/mol. The van der Waals surface area contributed by atoms with Crippen LogP contribution in [0.25, 0.3) is 11.0 Å². The molecule has 2 heterocycles. The van der Waals surface area contributed by atoms with Crippen molar-refractivity contribution in [3.63, 3.8) is 0 Å². The molecule has 1 fully saturated rings. The Morgan fingerprint density at radius 3 is 2.79 bits per heavy atom. The number of hydrogen-bond acceptors (Lipinski definition) is 3. The number of ketones is 1. The number of aromatic nitrogens is 3. The minimum atomic E-state index is 0.0692. The number of halogens is 1. The van der Waals surface area contributed by atoms with Gasteiger partial charge in [0.05, 0.1) is 5.69 Å². The summed E-state index contributed by atoms with van der Waals surface area (Å²) in [5.74, 6) is 0.0692. The van der Waals surface area contributed by atoms with Crippen LogP contribution >= 0.6 is 11.6 Å². The lowest BCUT2D eigenvalue weighted by atomic mass is 9.95. The van der Waals surface area contributed by atoms with Crippen LogP contribution in [0.1, 0.15) is 55.6 Å². The Morgan fingerprint density at radius 2 is 2.11 bits per heavy atom. The monoisotopic (exact) mass is 277 g/mol. The molecule has 0 aromatic carbocycles. The number of fused-ring (bicyclic) bond motifs is 1. The summed E-state index contributed by atoms with van der Waals surface area (Å²) in [7, 11) is 0. The average Bonchev–Trinajstić information content (AvgIpc) is 2.78. The number of hydrogen-bond donors (Lipinski definition) is 0. The molecule has 0 atom stereocenters. The zero-order valence-corrected chi connectivity index (χ0v) is 11.7. The van der Waals surface area contributed by atoms with Crippen molar-refractivity contribution in [2.45, 2.75) is 45.1 Å². The van der Waals surface area contributed by atoms with Crippen molar-refractivity contribution in [1.29, 1.82) is 0 Å². The van der Waals surface area contributed by atoms with E-state index in [-0.39, 0.29) is 11.1 Å². The maximum atomic E-state index is 11.9. The molecule has 0 N–H and O–H groups in total. The minimum absolute atomic E-state index is 0.0692. The molecule has 0 spiro atoms. The van der Waals surface area contributed by atoms with Crippen LogP contribution in [0.4, 0.5) is 0 Å². The van der Waals surface area contributed by atoms with E-state index < -0.39 is 0 Å². The van der Waals surface area contributed by atoms with Gasteiger partial charge >= 0.3 is 0 Å². The summed E-state index contributed by atoms with van der Waals surface area (Å²) >= 11 is 5.90. The Morgan fingerprint density at radius 1 is 1.37 bits per heavy atom. The highest BCUT2D eigenvalue weighted by atomic mass is 35.5. The van der Waals surface area contributed by atoms with Crippen LogP contribution in [-0.4, -0.2) is 20.3 Å². The highest BCUT2D eigenvalue weighted by molar-refractivity contribution is 6.28. The van der Waals surface area contributed by atoms with E-state index in [1.165, 1.54) is 19.3 Å². The van der Waals surface area contributed by atoms with Crippen LogP contribution < -0.4 is 0 Å². The number of carbonyl (C=O) groups excluding carboxylic acids is 1. The molecule has 2 aromatic heterocycles. The normalized spacial score (nSPS) is 16.9. The fourth-order valence-electron chi connectivity index (χ4n) is 2.97. The molecule has 0 bridgehead atoms. The van der Waals surface area contributed by atoms with E-state index in [1.807, 2.05) is 6.07 Å². The van der Waals surface area contributed by atoms with Gasteiger partial charge in [-0.05, 0) is 30.5 Å². The molecule has 5 heteroatoms. The van der Waals surface area contributed by atoms with Crippen LogP contribution in [0.5, 0.6) is 0 Å². The van der Waals surface area contributed by atoms with Crippen LogP contribution in [-0.2, 0) is 0 Å². The second-order valence-electron chi connectivity index (χ2n) is 5.17. The third-order valence-corrected chi connectivity index (χ3v) is 4.03. The molecule has 4 nitrogen and oxygen atoms in total. The summed E-state index contributed by atoms with van der Waals surface area (Å²) < 4.78 is 2.07. The lowest BCUT2D eigenvalue weighted by Crippen LogP contribution is -2.17. The Hall–Kier alpha value is -1.42. The fraction of sp³-hybridized carbons (Fsp3) is 0.500. The van der Waals surface area contributed by atoms with Gasteiger partial charge in [-0.3, -0.25) is 4.79 Å². The van der Waals surface area contributed by atoms with Crippen molar-refractivity contribution < 1.29 is 4.79 Å². The summed E-state index contributed by atoms with van der Waals surface area (Å²) in [4.78, 5) is 20.2. The van der Waals surface area contributed by atoms with Crippen molar-refractivity contribution in [2.24, 2.45) is 0 Å². The molecule has 2 aromatic rings. The highest BCUT2D eigenvalue weighted by Crippen LogP contribution is 2.33. The lowest BCUT2D eigenvalue weighted by molar-refractivity contribution is 0.100. The second-order valence-corrected chi connectivity index (χ2v) is 5.50. The minimum Gasteiger partial charge on any atom is -0.320 e. The number of nitrogens with zero attached hydrogens (tertiary/aromatic N) is 3. The van der Waals surface area contributed by atoms with Gasteiger partial charge in [0, 0.05) is 24.5 Å². The van der Waals surface area contributed by atoms with Gasteiger partial charge in [-0.1, -0.05) is 19.3 Å². The van der Waals surface area contributed by atoms with Crippen molar-refractivity contribution in [3.05, 3.63) is 23.2 Å². The predicted octanol–water partition coefficient (Wildman–Crippen LogP) is 3.79. The van der Waals surface area contributed by atoms with Crippen molar-refractivity contribution in [3.8, 4) is 0 Å². The standard InChI is InChI=1S/C14H16ClN3O/c1-9(19)12-7-10-8-16-14(15)17-13(10)18(12)11-5-3-2-4-6-11/h7-8,11H,2-6H2,1H3.